The van der Waals surface area contributed by atoms with Crippen LogP contribution in [0, 0.1) is 10.1 Å². The second-order valence-electron chi connectivity index (χ2n) is 4.94. The summed E-state index contributed by atoms with van der Waals surface area (Å²) >= 11 is 1.33. The third kappa shape index (κ3) is 4.01. The van der Waals surface area contributed by atoms with E-state index in [4.69, 9.17) is 9.47 Å². The predicted octanol–water partition coefficient (Wildman–Crippen LogP) is 3.23. The molecule has 1 heterocycles. The van der Waals surface area contributed by atoms with E-state index in [1.807, 2.05) is 12.1 Å². The Balaban J connectivity index is 1.59. The number of hydrogen-bond donors (Lipinski definition) is 1. The lowest BCUT2D eigenvalue weighted by Gasteiger charge is -2.05. The number of anilines is 1. The molecule has 0 aliphatic carbocycles. The minimum atomic E-state index is -0.501. The van der Waals surface area contributed by atoms with Crippen molar-refractivity contribution in [2.45, 2.75) is 0 Å². The molecule has 9 heteroatoms. The fourth-order valence-corrected chi connectivity index (χ4v) is 2.96. The molecule has 8 nitrogen and oxygen atoms in total. The quantitative estimate of drug-likeness (QED) is 0.535. The molecule has 1 aromatic heterocycles. The zero-order chi connectivity index (χ0) is 17.8. The highest BCUT2D eigenvalue weighted by atomic mass is 32.1. The van der Waals surface area contributed by atoms with Gasteiger partial charge in [-0.2, -0.15) is 0 Å². The maximum absolute atomic E-state index is 12.0. The lowest BCUT2D eigenvalue weighted by atomic mass is 10.3. The number of fused-ring (bicyclic) bond motifs is 1. The predicted molar refractivity (Wildman–Crippen MR) is 93.4 cm³/mol. The van der Waals surface area contributed by atoms with Crippen LogP contribution in [0.2, 0.25) is 0 Å². The molecule has 3 rings (SSSR count). The van der Waals surface area contributed by atoms with Crippen molar-refractivity contribution in [2.75, 3.05) is 19.0 Å². The number of amides is 1. The number of nitrogens with one attached hydrogen (secondary N) is 1. The summed E-state index contributed by atoms with van der Waals surface area (Å²) in [7, 11) is 1.58. The summed E-state index contributed by atoms with van der Waals surface area (Å²) in [6, 6.07) is 11.0. The fourth-order valence-electron chi connectivity index (χ4n) is 2.05. The first-order chi connectivity index (χ1) is 12.0. The van der Waals surface area contributed by atoms with E-state index in [1.54, 1.807) is 13.2 Å². The number of benzene rings is 2. The molecule has 0 radical (unpaired) electrons. The van der Waals surface area contributed by atoms with Gasteiger partial charge in [0.05, 0.1) is 22.2 Å². The van der Waals surface area contributed by atoms with E-state index >= 15 is 0 Å². The molecule has 2 aromatic carbocycles. The molecule has 0 spiro atoms. The summed E-state index contributed by atoms with van der Waals surface area (Å²) in [5.74, 6) is 0.717. The molecular formula is C16H13N3O5S. The van der Waals surface area contributed by atoms with E-state index < -0.39 is 4.92 Å². The largest absolute Gasteiger partial charge is 0.497 e. The van der Waals surface area contributed by atoms with Crippen LogP contribution in [-0.2, 0) is 4.79 Å². The first kappa shape index (κ1) is 16.7. The van der Waals surface area contributed by atoms with Crippen molar-refractivity contribution >= 4 is 38.3 Å². The van der Waals surface area contributed by atoms with Gasteiger partial charge in [-0.25, -0.2) is 4.98 Å². The van der Waals surface area contributed by atoms with Crippen LogP contribution in [-0.4, -0.2) is 29.5 Å². The van der Waals surface area contributed by atoms with Gasteiger partial charge < -0.3 is 9.47 Å². The van der Waals surface area contributed by atoms with Gasteiger partial charge in [0.1, 0.15) is 11.5 Å². The summed E-state index contributed by atoms with van der Waals surface area (Å²) in [6.45, 7) is -0.225. The number of rotatable bonds is 6. The maximum atomic E-state index is 12.0. The van der Waals surface area contributed by atoms with Gasteiger partial charge in [-0.1, -0.05) is 11.3 Å². The number of nitro groups is 1. The molecule has 3 aromatic rings. The Morgan fingerprint density at radius 1 is 1.24 bits per heavy atom. The number of carbonyl (C=O) groups excluding carboxylic acids is 1. The minimum absolute atomic E-state index is 0.0401. The number of hydrogen-bond acceptors (Lipinski definition) is 7. The maximum Gasteiger partial charge on any atom is 0.269 e. The first-order valence-corrected chi connectivity index (χ1v) is 7.98. The molecule has 0 bridgehead atoms. The number of methoxy groups -OCH3 is 1. The third-order valence-corrected chi connectivity index (χ3v) is 4.19. The Bertz CT molecular complexity index is 923. The molecule has 0 unspecified atom stereocenters. The van der Waals surface area contributed by atoms with Crippen molar-refractivity contribution in [1.29, 1.82) is 0 Å². The van der Waals surface area contributed by atoms with E-state index in [0.29, 0.717) is 10.9 Å². The smallest absolute Gasteiger partial charge is 0.269 e. The Morgan fingerprint density at radius 2 is 1.96 bits per heavy atom. The summed E-state index contributed by atoms with van der Waals surface area (Å²) in [4.78, 5) is 26.4. The standard InChI is InChI=1S/C16H13N3O5S/c1-23-12-6-7-13-14(8-12)25-16(17-13)18-15(20)9-24-11-4-2-10(3-5-11)19(21)22/h2-8H,9H2,1H3,(H,17,18,20). The number of nitrogens with zero attached hydrogens (tertiary/aromatic N) is 2. The van der Waals surface area contributed by atoms with Crippen LogP contribution in [0.25, 0.3) is 10.2 Å². The molecular weight excluding hydrogens is 346 g/mol. The van der Waals surface area contributed by atoms with Crippen LogP contribution in [0.15, 0.2) is 42.5 Å². The molecule has 128 valence electrons. The molecule has 25 heavy (non-hydrogen) atoms. The van der Waals surface area contributed by atoms with E-state index in [0.717, 1.165) is 16.0 Å². The monoisotopic (exact) mass is 359 g/mol. The van der Waals surface area contributed by atoms with Gasteiger partial charge in [-0.3, -0.25) is 20.2 Å². The normalized spacial score (nSPS) is 10.4. The summed E-state index contributed by atoms with van der Waals surface area (Å²) < 4.78 is 11.4. The topological polar surface area (TPSA) is 104 Å². The van der Waals surface area contributed by atoms with Gasteiger partial charge in [-0.05, 0) is 30.3 Å². The Hall–Kier alpha value is -3.20. The van der Waals surface area contributed by atoms with Crippen LogP contribution < -0.4 is 14.8 Å². The second-order valence-corrected chi connectivity index (χ2v) is 5.97. The summed E-state index contributed by atoms with van der Waals surface area (Å²) in [5, 5.41) is 13.7. The van der Waals surface area contributed by atoms with Gasteiger partial charge in [0.2, 0.25) is 0 Å². The van der Waals surface area contributed by atoms with Crippen LogP contribution in [0.4, 0.5) is 10.8 Å². The number of aromatic nitrogens is 1. The number of nitro benzene ring substituents is 1. The fraction of sp³-hybridized carbons (Fsp3) is 0.125. The van der Waals surface area contributed by atoms with Crippen molar-refractivity contribution in [1.82, 2.24) is 4.98 Å². The van der Waals surface area contributed by atoms with Crippen molar-refractivity contribution in [2.24, 2.45) is 0 Å². The van der Waals surface area contributed by atoms with Crippen LogP contribution in [0.3, 0.4) is 0 Å². The number of carbonyl (C=O) groups is 1. The van der Waals surface area contributed by atoms with Gasteiger partial charge in [0.15, 0.2) is 11.7 Å². The molecule has 1 N–H and O–H groups in total. The minimum Gasteiger partial charge on any atom is -0.497 e. The average Bonchev–Trinajstić information content (AvgIpc) is 3.01. The molecule has 0 atom stereocenters. The zero-order valence-electron chi connectivity index (χ0n) is 13.1. The van der Waals surface area contributed by atoms with E-state index in [9.17, 15) is 14.9 Å². The molecule has 0 fully saturated rings. The Kier molecular flexibility index (Phi) is 4.75. The number of ether oxygens (including phenoxy) is 2. The van der Waals surface area contributed by atoms with Crippen LogP contribution in [0.1, 0.15) is 0 Å². The van der Waals surface area contributed by atoms with Crippen LogP contribution >= 0.6 is 11.3 Å². The van der Waals surface area contributed by atoms with Crippen molar-refractivity contribution in [3.05, 3.63) is 52.6 Å². The average molecular weight is 359 g/mol. The second kappa shape index (κ2) is 7.14. The number of thiazole rings is 1. The molecule has 0 saturated carbocycles. The van der Waals surface area contributed by atoms with E-state index in [2.05, 4.69) is 10.3 Å². The third-order valence-electron chi connectivity index (χ3n) is 3.26. The molecule has 0 saturated heterocycles. The lowest BCUT2D eigenvalue weighted by molar-refractivity contribution is -0.384. The van der Waals surface area contributed by atoms with E-state index in [-0.39, 0.29) is 18.2 Å². The SMILES string of the molecule is COc1ccc2nc(NC(=O)COc3ccc([N+](=O)[O-])cc3)sc2c1. The molecule has 0 aliphatic rings. The van der Waals surface area contributed by atoms with Gasteiger partial charge in [0, 0.05) is 12.1 Å². The first-order valence-electron chi connectivity index (χ1n) is 7.17. The highest BCUT2D eigenvalue weighted by molar-refractivity contribution is 7.22. The number of non-ortho nitro benzene ring substituents is 1. The summed E-state index contributed by atoms with van der Waals surface area (Å²) in [5.41, 5.74) is 0.721. The van der Waals surface area contributed by atoms with Crippen LogP contribution in [0.5, 0.6) is 11.5 Å². The summed E-state index contributed by atoms with van der Waals surface area (Å²) in [6.07, 6.45) is 0. The zero-order valence-corrected chi connectivity index (χ0v) is 13.9. The van der Waals surface area contributed by atoms with Gasteiger partial charge in [0.25, 0.3) is 11.6 Å². The Morgan fingerprint density at radius 3 is 2.64 bits per heavy atom. The van der Waals surface area contributed by atoms with Gasteiger partial charge in [-0.15, -0.1) is 0 Å². The molecule has 0 aliphatic heterocycles. The van der Waals surface area contributed by atoms with Crippen molar-refractivity contribution in [3.63, 3.8) is 0 Å². The van der Waals surface area contributed by atoms with Crippen molar-refractivity contribution in [3.8, 4) is 11.5 Å². The molecule has 1 amide bonds. The van der Waals surface area contributed by atoms with Gasteiger partial charge >= 0.3 is 0 Å². The van der Waals surface area contributed by atoms with E-state index in [1.165, 1.54) is 35.6 Å². The highest BCUT2D eigenvalue weighted by Gasteiger charge is 2.10. The highest BCUT2D eigenvalue weighted by Crippen LogP contribution is 2.29. The van der Waals surface area contributed by atoms with Crippen molar-refractivity contribution < 1.29 is 19.2 Å². The lowest BCUT2D eigenvalue weighted by Crippen LogP contribution is -2.19. The Labute approximate surface area is 146 Å².